The molecular formula is C18H20N4O. The molecule has 0 spiro atoms. The molecule has 0 saturated carbocycles. The average molecular weight is 308 g/mol. The largest absolute Gasteiger partial charge is 0.341 e. The highest BCUT2D eigenvalue weighted by molar-refractivity contribution is 5.86. The zero-order valence-electron chi connectivity index (χ0n) is 13.2. The zero-order valence-corrected chi connectivity index (χ0v) is 13.2. The van der Waals surface area contributed by atoms with E-state index in [9.17, 15) is 4.79 Å². The Morgan fingerprint density at radius 2 is 1.87 bits per heavy atom. The number of rotatable bonds is 2. The van der Waals surface area contributed by atoms with E-state index in [2.05, 4.69) is 15.1 Å². The molecule has 2 atom stereocenters. The van der Waals surface area contributed by atoms with Crippen LogP contribution in [-0.4, -0.2) is 46.2 Å². The van der Waals surface area contributed by atoms with Gasteiger partial charge in [0.2, 0.25) is 5.91 Å². The summed E-state index contributed by atoms with van der Waals surface area (Å²) in [7, 11) is 0. The first-order valence-electron chi connectivity index (χ1n) is 8.20. The van der Waals surface area contributed by atoms with Gasteiger partial charge < -0.3 is 9.80 Å². The average Bonchev–Trinajstić information content (AvgIpc) is 3.08. The van der Waals surface area contributed by atoms with Gasteiger partial charge in [-0.25, -0.2) is 0 Å². The molecule has 5 heteroatoms. The number of piperazine rings is 1. The van der Waals surface area contributed by atoms with E-state index in [0.717, 1.165) is 43.0 Å². The minimum absolute atomic E-state index is 0.166. The molecule has 5 nitrogen and oxygen atoms in total. The third kappa shape index (κ3) is 2.46. The van der Waals surface area contributed by atoms with Crippen molar-refractivity contribution in [3.63, 3.8) is 0 Å². The third-order valence-electron chi connectivity index (χ3n) is 4.91. The van der Waals surface area contributed by atoms with Gasteiger partial charge in [0.05, 0.1) is 5.69 Å². The number of hydrogen-bond acceptors (Lipinski definition) is 4. The number of aromatic nitrogens is 2. The number of carbonyl (C=O) groups is 1. The maximum absolute atomic E-state index is 12.5. The molecule has 2 aliphatic heterocycles. The first-order chi connectivity index (χ1) is 11.2. The fourth-order valence-electron chi connectivity index (χ4n) is 3.61. The molecule has 0 N–H and O–H groups in total. The third-order valence-corrected chi connectivity index (χ3v) is 4.91. The van der Waals surface area contributed by atoms with Crippen LogP contribution in [0.5, 0.6) is 0 Å². The Bertz CT molecular complexity index is 701. The van der Waals surface area contributed by atoms with Gasteiger partial charge in [0.1, 0.15) is 6.04 Å². The first kappa shape index (κ1) is 14.2. The summed E-state index contributed by atoms with van der Waals surface area (Å²) < 4.78 is 0. The topological polar surface area (TPSA) is 49.3 Å². The van der Waals surface area contributed by atoms with E-state index in [1.165, 1.54) is 0 Å². The van der Waals surface area contributed by atoms with Gasteiger partial charge in [-0.15, -0.1) is 10.2 Å². The highest BCUT2D eigenvalue weighted by Gasteiger charge is 2.40. The van der Waals surface area contributed by atoms with E-state index in [1.54, 1.807) is 0 Å². The SMILES string of the molecule is C[C@@H]1C(=O)N2CCC[C@H]2CN1c1ccc(-c2ccccc2)nn1. The molecule has 0 aliphatic carbocycles. The molecule has 2 aliphatic rings. The van der Waals surface area contributed by atoms with Crippen molar-refractivity contribution in [2.24, 2.45) is 0 Å². The zero-order chi connectivity index (χ0) is 15.8. The van der Waals surface area contributed by atoms with Crippen molar-refractivity contribution in [2.45, 2.75) is 31.8 Å². The molecule has 2 saturated heterocycles. The molecule has 0 bridgehead atoms. The van der Waals surface area contributed by atoms with Crippen LogP contribution in [-0.2, 0) is 4.79 Å². The van der Waals surface area contributed by atoms with Crippen molar-refractivity contribution in [2.75, 3.05) is 18.0 Å². The van der Waals surface area contributed by atoms with E-state index in [4.69, 9.17) is 0 Å². The van der Waals surface area contributed by atoms with Gasteiger partial charge in [-0.3, -0.25) is 4.79 Å². The number of benzene rings is 1. The number of carbonyl (C=O) groups excluding carboxylic acids is 1. The van der Waals surface area contributed by atoms with Crippen molar-refractivity contribution >= 4 is 11.7 Å². The molecule has 2 fully saturated rings. The Kier molecular flexibility index (Phi) is 3.48. The smallest absolute Gasteiger partial charge is 0.245 e. The summed E-state index contributed by atoms with van der Waals surface area (Å²) in [4.78, 5) is 16.6. The number of amides is 1. The molecule has 1 aromatic carbocycles. The summed E-state index contributed by atoms with van der Waals surface area (Å²) in [6.07, 6.45) is 2.19. The monoisotopic (exact) mass is 308 g/mol. The van der Waals surface area contributed by atoms with Gasteiger partial charge in [-0.1, -0.05) is 30.3 Å². The molecule has 1 amide bonds. The van der Waals surface area contributed by atoms with Crippen LogP contribution < -0.4 is 4.90 Å². The first-order valence-corrected chi connectivity index (χ1v) is 8.20. The van der Waals surface area contributed by atoms with Gasteiger partial charge in [-0.05, 0) is 31.9 Å². The van der Waals surface area contributed by atoms with Crippen molar-refractivity contribution in [1.82, 2.24) is 15.1 Å². The van der Waals surface area contributed by atoms with E-state index in [1.807, 2.05) is 54.3 Å². The second-order valence-corrected chi connectivity index (χ2v) is 6.30. The Morgan fingerprint density at radius 1 is 1.04 bits per heavy atom. The predicted molar refractivity (Wildman–Crippen MR) is 89.0 cm³/mol. The molecule has 0 unspecified atom stereocenters. The molecule has 0 radical (unpaired) electrons. The van der Waals surface area contributed by atoms with Crippen molar-refractivity contribution < 1.29 is 4.79 Å². The molecule has 1 aromatic heterocycles. The molecule has 118 valence electrons. The van der Waals surface area contributed by atoms with Gasteiger partial charge in [0.15, 0.2) is 5.82 Å². The minimum atomic E-state index is -0.166. The van der Waals surface area contributed by atoms with Gasteiger partial charge in [0, 0.05) is 24.7 Å². The van der Waals surface area contributed by atoms with Crippen LogP contribution in [0.15, 0.2) is 42.5 Å². The highest BCUT2D eigenvalue weighted by Crippen LogP contribution is 2.28. The summed E-state index contributed by atoms with van der Waals surface area (Å²) in [5.74, 6) is 1.00. The number of nitrogens with zero attached hydrogens (tertiary/aromatic N) is 4. The molecule has 4 rings (SSSR count). The lowest BCUT2D eigenvalue weighted by molar-refractivity contribution is -0.134. The number of fused-ring (bicyclic) bond motifs is 1. The van der Waals surface area contributed by atoms with E-state index < -0.39 is 0 Å². The molecule has 23 heavy (non-hydrogen) atoms. The Balaban J connectivity index is 1.59. The minimum Gasteiger partial charge on any atom is -0.341 e. The van der Waals surface area contributed by atoms with Crippen molar-refractivity contribution in [1.29, 1.82) is 0 Å². The van der Waals surface area contributed by atoms with Crippen LogP contribution in [0, 0.1) is 0 Å². The molecule has 2 aromatic rings. The second kappa shape index (κ2) is 5.65. The van der Waals surface area contributed by atoms with Gasteiger partial charge >= 0.3 is 0 Å². The lowest BCUT2D eigenvalue weighted by Gasteiger charge is -2.41. The lowest BCUT2D eigenvalue weighted by atomic mass is 10.1. The summed E-state index contributed by atoms with van der Waals surface area (Å²) >= 11 is 0. The fraction of sp³-hybridized carbons (Fsp3) is 0.389. The van der Waals surface area contributed by atoms with Crippen LogP contribution in [0.3, 0.4) is 0 Å². The lowest BCUT2D eigenvalue weighted by Crippen LogP contribution is -2.59. The quantitative estimate of drug-likeness (QED) is 0.854. The van der Waals surface area contributed by atoms with E-state index in [0.29, 0.717) is 6.04 Å². The van der Waals surface area contributed by atoms with Crippen LogP contribution >= 0.6 is 0 Å². The molecular weight excluding hydrogens is 288 g/mol. The Hall–Kier alpha value is -2.43. The maximum Gasteiger partial charge on any atom is 0.245 e. The van der Waals surface area contributed by atoms with Crippen LogP contribution in [0.25, 0.3) is 11.3 Å². The van der Waals surface area contributed by atoms with Crippen LogP contribution in [0.1, 0.15) is 19.8 Å². The molecule has 3 heterocycles. The maximum atomic E-state index is 12.5. The summed E-state index contributed by atoms with van der Waals surface area (Å²) in [6.45, 7) is 3.72. The Morgan fingerprint density at radius 3 is 2.61 bits per heavy atom. The van der Waals surface area contributed by atoms with Gasteiger partial charge in [0.25, 0.3) is 0 Å². The normalized spacial score (nSPS) is 24.0. The summed E-state index contributed by atoms with van der Waals surface area (Å²) in [5, 5.41) is 8.74. The van der Waals surface area contributed by atoms with E-state index >= 15 is 0 Å². The Labute approximate surface area is 135 Å². The summed E-state index contributed by atoms with van der Waals surface area (Å²) in [5.41, 5.74) is 1.91. The van der Waals surface area contributed by atoms with Crippen molar-refractivity contribution in [3.05, 3.63) is 42.5 Å². The predicted octanol–water partition coefficient (Wildman–Crippen LogP) is 2.34. The van der Waals surface area contributed by atoms with Crippen LogP contribution in [0.4, 0.5) is 5.82 Å². The number of hydrogen-bond donors (Lipinski definition) is 0. The summed E-state index contributed by atoms with van der Waals surface area (Å²) in [6, 6.07) is 14.1. The van der Waals surface area contributed by atoms with Gasteiger partial charge in [-0.2, -0.15) is 0 Å². The van der Waals surface area contributed by atoms with Crippen molar-refractivity contribution in [3.8, 4) is 11.3 Å². The highest BCUT2D eigenvalue weighted by atomic mass is 16.2. The van der Waals surface area contributed by atoms with E-state index in [-0.39, 0.29) is 11.9 Å². The second-order valence-electron chi connectivity index (χ2n) is 6.30. The fourth-order valence-corrected chi connectivity index (χ4v) is 3.61. The number of anilines is 1. The standard InChI is InChI=1S/C18H20N4O/c1-13-18(23)21-11-5-8-15(21)12-22(13)17-10-9-16(19-20-17)14-6-3-2-4-7-14/h2-4,6-7,9-10,13,15H,5,8,11-12H2,1H3/t13-,15+/m1/s1. The van der Waals surface area contributed by atoms with Crippen LogP contribution in [0.2, 0.25) is 0 Å².